The van der Waals surface area contributed by atoms with Crippen molar-refractivity contribution in [2.75, 3.05) is 26.4 Å². The Bertz CT molecular complexity index is 236. The van der Waals surface area contributed by atoms with Gasteiger partial charge in [-0.25, -0.2) is 0 Å². The van der Waals surface area contributed by atoms with Crippen LogP contribution in [0.5, 0.6) is 0 Å². The van der Waals surface area contributed by atoms with Crippen LogP contribution in [0.1, 0.15) is 54.4 Å². The van der Waals surface area contributed by atoms with E-state index in [2.05, 4.69) is 25.8 Å². The third-order valence-electron chi connectivity index (χ3n) is 3.05. The average molecular weight is 289 g/mol. The molecular formula is C14H31NO3Si. The molecule has 114 valence electrons. The molecule has 0 saturated carbocycles. The molecule has 5 heteroatoms. The fourth-order valence-corrected chi connectivity index (χ4v) is 4.63. The topological polar surface area (TPSA) is 40.0 Å². The summed E-state index contributed by atoms with van der Waals surface area (Å²) in [5.74, 6) is 0. The van der Waals surface area contributed by atoms with E-state index in [0.29, 0.717) is 19.8 Å². The van der Waals surface area contributed by atoms with E-state index in [0.717, 1.165) is 19.4 Å². The van der Waals surface area contributed by atoms with Crippen LogP contribution in [-0.4, -0.2) is 40.9 Å². The van der Waals surface area contributed by atoms with Crippen molar-refractivity contribution in [2.24, 2.45) is 4.99 Å². The Morgan fingerprint density at radius 1 is 0.895 bits per heavy atom. The van der Waals surface area contributed by atoms with Crippen LogP contribution in [-0.2, 0) is 13.3 Å². The number of aliphatic imine (C=N–C) groups is 1. The van der Waals surface area contributed by atoms with E-state index in [9.17, 15) is 0 Å². The van der Waals surface area contributed by atoms with E-state index in [-0.39, 0.29) is 5.54 Å². The molecule has 0 radical (unpaired) electrons. The number of hydrogen-bond acceptors (Lipinski definition) is 4. The van der Waals surface area contributed by atoms with Gasteiger partial charge in [0.25, 0.3) is 0 Å². The number of hydrogen-bond donors (Lipinski definition) is 0. The summed E-state index contributed by atoms with van der Waals surface area (Å²) >= 11 is 0. The molecule has 0 aromatic heterocycles. The summed E-state index contributed by atoms with van der Waals surface area (Å²) in [6, 6.07) is 0. The average Bonchev–Trinajstić information content (AvgIpc) is 2.40. The van der Waals surface area contributed by atoms with Crippen molar-refractivity contribution in [1.82, 2.24) is 0 Å². The second kappa shape index (κ2) is 10.5. The molecule has 0 fully saturated rings. The third-order valence-corrected chi connectivity index (χ3v) is 6.51. The highest BCUT2D eigenvalue weighted by atomic mass is 28.4. The Kier molecular flexibility index (Phi) is 10.4. The van der Waals surface area contributed by atoms with Gasteiger partial charge in [-0.3, -0.25) is 4.99 Å². The molecule has 0 aliphatic heterocycles. The predicted octanol–water partition coefficient (Wildman–Crippen LogP) is 3.69. The van der Waals surface area contributed by atoms with E-state index in [1.54, 1.807) is 0 Å². The van der Waals surface area contributed by atoms with Crippen LogP contribution in [0.3, 0.4) is 0 Å². The van der Waals surface area contributed by atoms with Crippen molar-refractivity contribution < 1.29 is 13.3 Å². The molecule has 0 aromatic rings. The molecule has 0 aliphatic rings. The van der Waals surface area contributed by atoms with Gasteiger partial charge in [-0.1, -0.05) is 20.8 Å². The summed E-state index contributed by atoms with van der Waals surface area (Å²) < 4.78 is 17.7. The molecule has 0 N–H and O–H groups in total. The number of nitrogens with zero attached hydrogens (tertiary/aromatic N) is 1. The van der Waals surface area contributed by atoms with Crippen LogP contribution in [0, 0.1) is 0 Å². The molecule has 0 bridgehead atoms. The minimum Gasteiger partial charge on any atom is -0.374 e. The minimum atomic E-state index is -2.60. The molecule has 0 rings (SSSR count). The molecule has 4 nitrogen and oxygen atoms in total. The van der Waals surface area contributed by atoms with Crippen LogP contribution in [0.15, 0.2) is 4.99 Å². The first-order valence-corrected chi connectivity index (χ1v) is 9.34. The van der Waals surface area contributed by atoms with Crippen molar-refractivity contribution in [3.63, 3.8) is 0 Å². The Labute approximate surface area is 119 Å². The molecular weight excluding hydrogens is 258 g/mol. The van der Waals surface area contributed by atoms with Crippen molar-refractivity contribution in [3.05, 3.63) is 0 Å². The van der Waals surface area contributed by atoms with E-state index in [1.165, 1.54) is 5.71 Å². The van der Waals surface area contributed by atoms with Crippen molar-refractivity contribution in [2.45, 2.75) is 59.9 Å². The maximum Gasteiger partial charge on any atom is 0.505 e. The van der Waals surface area contributed by atoms with Crippen LogP contribution in [0.2, 0.25) is 5.54 Å². The van der Waals surface area contributed by atoms with Crippen LogP contribution in [0.4, 0.5) is 0 Å². The monoisotopic (exact) mass is 289 g/mol. The zero-order valence-corrected chi connectivity index (χ0v) is 14.5. The predicted molar refractivity (Wildman–Crippen MR) is 82.9 cm³/mol. The highest BCUT2D eigenvalue weighted by Crippen LogP contribution is 2.26. The summed E-state index contributed by atoms with van der Waals surface area (Å²) in [6.07, 6.45) is 2.02. The minimum absolute atomic E-state index is 0.195. The van der Waals surface area contributed by atoms with Crippen molar-refractivity contribution >= 4 is 14.5 Å². The first-order valence-electron chi connectivity index (χ1n) is 7.54. The largest absolute Gasteiger partial charge is 0.505 e. The first-order chi connectivity index (χ1) is 9.10. The SMILES string of the molecule is CCO[Si](OCC)(OCC)C(C)CN=C(CC)CC. The van der Waals surface area contributed by atoms with Gasteiger partial charge in [0.05, 0.1) is 0 Å². The van der Waals surface area contributed by atoms with Crippen molar-refractivity contribution in [1.29, 1.82) is 0 Å². The second-order valence-corrected chi connectivity index (χ2v) is 7.48. The van der Waals surface area contributed by atoms with Gasteiger partial charge >= 0.3 is 8.80 Å². The highest BCUT2D eigenvalue weighted by molar-refractivity contribution is 6.62. The Balaban J connectivity index is 4.86. The highest BCUT2D eigenvalue weighted by Gasteiger charge is 2.46. The fourth-order valence-electron chi connectivity index (χ4n) is 2.01. The molecule has 0 amide bonds. The quantitative estimate of drug-likeness (QED) is 0.430. The van der Waals surface area contributed by atoms with Gasteiger partial charge in [0, 0.05) is 37.6 Å². The molecule has 1 atom stereocenters. The van der Waals surface area contributed by atoms with Gasteiger partial charge in [0.2, 0.25) is 0 Å². The Morgan fingerprint density at radius 2 is 1.32 bits per heavy atom. The maximum absolute atomic E-state index is 5.90. The summed E-state index contributed by atoms with van der Waals surface area (Å²) in [5.41, 5.74) is 1.44. The second-order valence-electron chi connectivity index (χ2n) is 4.42. The zero-order chi connectivity index (χ0) is 14.7. The zero-order valence-electron chi connectivity index (χ0n) is 13.5. The summed E-state index contributed by atoms with van der Waals surface area (Å²) in [7, 11) is -2.60. The van der Waals surface area contributed by atoms with Crippen LogP contribution in [0.25, 0.3) is 0 Å². The van der Waals surface area contributed by atoms with Gasteiger partial charge in [-0.2, -0.15) is 0 Å². The number of rotatable bonds is 11. The van der Waals surface area contributed by atoms with Gasteiger partial charge in [0.15, 0.2) is 0 Å². The molecule has 1 unspecified atom stereocenters. The molecule has 0 spiro atoms. The lowest BCUT2D eigenvalue weighted by Crippen LogP contribution is -2.50. The van der Waals surface area contributed by atoms with Gasteiger partial charge in [-0.05, 0) is 33.6 Å². The van der Waals surface area contributed by atoms with Crippen LogP contribution < -0.4 is 0 Å². The van der Waals surface area contributed by atoms with E-state index < -0.39 is 8.80 Å². The van der Waals surface area contributed by atoms with Gasteiger partial charge in [0.1, 0.15) is 0 Å². The standard InChI is InChI=1S/C14H31NO3Si/c1-7-14(8-2)15-12-13(6)19(16-9-3,17-10-4)18-11-5/h13H,7-12H2,1-6H3. The molecule has 0 saturated heterocycles. The first kappa shape index (κ1) is 18.8. The molecule has 0 heterocycles. The van der Waals surface area contributed by atoms with Crippen LogP contribution >= 0.6 is 0 Å². The van der Waals surface area contributed by atoms with E-state index in [4.69, 9.17) is 13.3 Å². The third kappa shape index (κ3) is 6.16. The summed E-state index contributed by atoms with van der Waals surface area (Å²) in [6.45, 7) is 15.0. The Morgan fingerprint density at radius 3 is 1.63 bits per heavy atom. The molecule has 0 aliphatic carbocycles. The maximum atomic E-state index is 5.90. The fraction of sp³-hybridized carbons (Fsp3) is 0.929. The summed E-state index contributed by atoms with van der Waals surface area (Å²) in [5, 5.41) is 0. The molecule has 19 heavy (non-hydrogen) atoms. The lowest BCUT2D eigenvalue weighted by atomic mass is 10.2. The lowest BCUT2D eigenvalue weighted by Gasteiger charge is -2.32. The smallest absolute Gasteiger partial charge is 0.374 e. The van der Waals surface area contributed by atoms with Crippen molar-refractivity contribution in [3.8, 4) is 0 Å². The van der Waals surface area contributed by atoms with Gasteiger partial charge in [-0.15, -0.1) is 0 Å². The lowest BCUT2D eigenvalue weighted by molar-refractivity contribution is 0.0633. The van der Waals surface area contributed by atoms with Gasteiger partial charge < -0.3 is 13.3 Å². The normalized spacial score (nSPS) is 13.4. The van der Waals surface area contributed by atoms with E-state index in [1.807, 2.05) is 20.8 Å². The molecule has 0 aromatic carbocycles. The summed E-state index contributed by atoms with van der Waals surface area (Å²) in [4.78, 5) is 4.68. The van der Waals surface area contributed by atoms with E-state index >= 15 is 0 Å². The Hall–Kier alpha value is -0.233.